The van der Waals surface area contributed by atoms with E-state index in [1.807, 2.05) is 39.0 Å². The Labute approximate surface area is 212 Å². The zero-order valence-electron chi connectivity index (χ0n) is 20.2. The van der Waals surface area contributed by atoms with Crippen molar-refractivity contribution in [1.29, 1.82) is 0 Å². The molecule has 1 aliphatic carbocycles. The highest BCUT2D eigenvalue weighted by Gasteiger charge is 2.31. The molecule has 2 amide bonds. The van der Waals surface area contributed by atoms with Gasteiger partial charge >= 0.3 is 0 Å². The van der Waals surface area contributed by atoms with Gasteiger partial charge in [-0.05, 0) is 68.5 Å². The zero-order valence-corrected chi connectivity index (χ0v) is 21.7. The first kappa shape index (κ1) is 26.4. The standard InChI is InChI=1S/C27H34Cl2N2O3/c1-4-25(27(33)30-20-9-6-5-7-10-20)31(16-22-23(28)11-8-12-24(22)29)26(32)17-34-21-14-13-18(2)19(3)15-21/h8,11-15,20,25H,4-7,9-10,16-17H2,1-3H3,(H,30,33)/t25-/m1/s1. The number of nitrogens with one attached hydrogen (secondary N) is 1. The predicted octanol–water partition coefficient (Wildman–Crippen LogP) is 6.25. The summed E-state index contributed by atoms with van der Waals surface area (Å²) in [5, 5.41) is 4.09. The summed E-state index contributed by atoms with van der Waals surface area (Å²) in [4.78, 5) is 28.3. The number of nitrogens with zero attached hydrogens (tertiary/aromatic N) is 1. The Balaban J connectivity index is 1.81. The molecule has 0 aliphatic heterocycles. The number of benzene rings is 2. The van der Waals surface area contributed by atoms with Gasteiger partial charge in [0, 0.05) is 28.2 Å². The largest absolute Gasteiger partial charge is 0.484 e. The van der Waals surface area contributed by atoms with Crippen LogP contribution in [-0.2, 0) is 16.1 Å². The van der Waals surface area contributed by atoms with Crippen molar-refractivity contribution in [2.45, 2.75) is 77.9 Å². The lowest BCUT2D eigenvalue weighted by Gasteiger charge is -2.33. The number of aryl methyl sites for hydroxylation is 2. The minimum atomic E-state index is -0.648. The van der Waals surface area contributed by atoms with Gasteiger partial charge < -0.3 is 15.0 Å². The van der Waals surface area contributed by atoms with Gasteiger partial charge in [-0.3, -0.25) is 9.59 Å². The average molecular weight is 505 g/mol. The van der Waals surface area contributed by atoms with E-state index in [1.165, 1.54) is 6.42 Å². The van der Waals surface area contributed by atoms with Crippen LogP contribution in [0.3, 0.4) is 0 Å². The van der Waals surface area contributed by atoms with E-state index < -0.39 is 6.04 Å². The Morgan fingerprint density at radius 1 is 1.06 bits per heavy atom. The third kappa shape index (κ3) is 6.89. The molecule has 2 aromatic carbocycles. The van der Waals surface area contributed by atoms with Gasteiger partial charge in [-0.15, -0.1) is 0 Å². The predicted molar refractivity (Wildman–Crippen MR) is 138 cm³/mol. The van der Waals surface area contributed by atoms with Crippen LogP contribution in [0.5, 0.6) is 5.75 Å². The van der Waals surface area contributed by atoms with Crippen LogP contribution in [0.2, 0.25) is 10.0 Å². The maximum Gasteiger partial charge on any atom is 0.261 e. The number of hydrogen-bond donors (Lipinski definition) is 1. The second kappa shape index (κ2) is 12.5. The summed E-state index contributed by atoms with van der Waals surface area (Å²) in [6.07, 6.45) is 5.85. The molecule has 1 saturated carbocycles. The molecule has 2 aromatic rings. The van der Waals surface area contributed by atoms with Gasteiger partial charge in [0.1, 0.15) is 11.8 Å². The molecule has 0 heterocycles. The first-order valence-electron chi connectivity index (χ1n) is 12.0. The summed E-state index contributed by atoms with van der Waals surface area (Å²) in [7, 11) is 0. The first-order chi connectivity index (χ1) is 16.3. The molecule has 7 heteroatoms. The highest BCUT2D eigenvalue weighted by atomic mass is 35.5. The Hall–Kier alpha value is -2.24. The van der Waals surface area contributed by atoms with E-state index in [1.54, 1.807) is 23.1 Å². The molecule has 34 heavy (non-hydrogen) atoms. The molecule has 0 bridgehead atoms. The van der Waals surface area contributed by atoms with Crippen molar-refractivity contribution in [3.63, 3.8) is 0 Å². The Morgan fingerprint density at radius 3 is 2.35 bits per heavy atom. The minimum absolute atomic E-state index is 0.129. The number of amides is 2. The minimum Gasteiger partial charge on any atom is -0.484 e. The van der Waals surface area contributed by atoms with E-state index in [2.05, 4.69) is 5.32 Å². The van der Waals surface area contributed by atoms with Gasteiger partial charge in [0.25, 0.3) is 5.91 Å². The van der Waals surface area contributed by atoms with Crippen molar-refractivity contribution in [1.82, 2.24) is 10.2 Å². The monoisotopic (exact) mass is 504 g/mol. The molecule has 184 valence electrons. The summed E-state index contributed by atoms with van der Waals surface area (Å²) >= 11 is 12.8. The topological polar surface area (TPSA) is 58.6 Å². The lowest BCUT2D eigenvalue weighted by Crippen LogP contribution is -2.52. The number of hydrogen-bond acceptors (Lipinski definition) is 3. The number of halogens is 2. The van der Waals surface area contributed by atoms with Gasteiger partial charge in [-0.25, -0.2) is 0 Å². The number of carbonyl (C=O) groups excluding carboxylic acids is 2. The molecule has 5 nitrogen and oxygen atoms in total. The molecule has 1 N–H and O–H groups in total. The van der Waals surface area contributed by atoms with Crippen molar-refractivity contribution in [2.75, 3.05) is 6.61 Å². The third-order valence-electron chi connectivity index (χ3n) is 6.57. The summed E-state index contributed by atoms with van der Waals surface area (Å²) in [6, 6.07) is 10.5. The summed E-state index contributed by atoms with van der Waals surface area (Å²) in [5.41, 5.74) is 2.86. The van der Waals surface area contributed by atoms with Crippen molar-refractivity contribution in [2.24, 2.45) is 0 Å². The molecule has 1 aliphatic rings. The molecule has 3 rings (SSSR count). The molecule has 1 atom stereocenters. The van der Waals surface area contributed by atoms with Crippen molar-refractivity contribution in [3.05, 3.63) is 63.1 Å². The van der Waals surface area contributed by atoms with Crippen molar-refractivity contribution >= 4 is 35.0 Å². The molecule has 0 spiro atoms. The van der Waals surface area contributed by atoms with Crippen LogP contribution in [-0.4, -0.2) is 35.4 Å². The van der Waals surface area contributed by atoms with E-state index in [0.29, 0.717) is 27.8 Å². The fraction of sp³-hybridized carbons (Fsp3) is 0.481. The fourth-order valence-electron chi connectivity index (χ4n) is 4.35. The van der Waals surface area contributed by atoms with Gasteiger partial charge in [0.15, 0.2) is 6.61 Å². The van der Waals surface area contributed by atoms with Crippen LogP contribution < -0.4 is 10.1 Å². The van der Waals surface area contributed by atoms with Crippen LogP contribution >= 0.6 is 23.2 Å². The maximum absolute atomic E-state index is 13.4. The van der Waals surface area contributed by atoms with Crippen LogP contribution in [0.4, 0.5) is 0 Å². The van der Waals surface area contributed by atoms with Gasteiger partial charge in [-0.2, -0.15) is 0 Å². The smallest absolute Gasteiger partial charge is 0.261 e. The van der Waals surface area contributed by atoms with E-state index >= 15 is 0 Å². The highest BCUT2D eigenvalue weighted by molar-refractivity contribution is 6.36. The van der Waals surface area contributed by atoms with E-state index in [4.69, 9.17) is 27.9 Å². The summed E-state index contributed by atoms with van der Waals surface area (Å²) < 4.78 is 5.82. The first-order valence-corrected chi connectivity index (χ1v) is 12.8. The second-order valence-electron chi connectivity index (χ2n) is 9.02. The molecular weight excluding hydrogens is 471 g/mol. The number of rotatable bonds is 9. The normalized spacial score (nSPS) is 15.0. The second-order valence-corrected chi connectivity index (χ2v) is 9.84. The van der Waals surface area contributed by atoms with Gasteiger partial charge in [-0.1, -0.05) is 61.5 Å². The zero-order chi connectivity index (χ0) is 24.7. The van der Waals surface area contributed by atoms with Crippen LogP contribution in [0, 0.1) is 13.8 Å². The van der Waals surface area contributed by atoms with Crippen LogP contribution in [0.1, 0.15) is 62.1 Å². The highest BCUT2D eigenvalue weighted by Crippen LogP contribution is 2.27. The SMILES string of the molecule is CC[C@H](C(=O)NC1CCCCC1)N(Cc1c(Cl)cccc1Cl)C(=O)COc1ccc(C)c(C)c1. The molecule has 0 saturated heterocycles. The Bertz CT molecular complexity index is 985. The van der Waals surface area contributed by atoms with Crippen LogP contribution in [0.25, 0.3) is 0 Å². The summed E-state index contributed by atoms with van der Waals surface area (Å²) in [5.74, 6) is 0.184. The molecule has 0 radical (unpaired) electrons. The van der Waals surface area contributed by atoms with E-state index in [9.17, 15) is 9.59 Å². The molecule has 0 unspecified atom stereocenters. The van der Waals surface area contributed by atoms with Crippen LogP contribution in [0.15, 0.2) is 36.4 Å². The summed E-state index contributed by atoms with van der Waals surface area (Å²) in [6.45, 7) is 5.88. The molecule has 0 aromatic heterocycles. The Kier molecular flexibility index (Phi) is 9.66. The molecule has 1 fully saturated rings. The quantitative estimate of drug-likeness (QED) is 0.439. The van der Waals surface area contributed by atoms with Crippen molar-refractivity contribution in [3.8, 4) is 5.75 Å². The lowest BCUT2D eigenvalue weighted by molar-refractivity contribution is -0.143. The number of ether oxygens (including phenoxy) is 1. The number of carbonyl (C=O) groups is 2. The maximum atomic E-state index is 13.4. The lowest BCUT2D eigenvalue weighted by atomic mass is 9.95. The third-order valence-corrected chi connectivity index (χ3v) is 7.28. The van der Waals surface area contributed by atoms with E-state index in [0.717, 1.165) is 36.8 Å². The Morgan fingerprint density at radius 2 is 1.74 bits per heavy atom. The average Bonchev–Trinajstić information content (AvgIpc) is 2.82. The van der Waals surface area contributed by atoms with Crippen molar-refractivity contribution < 1.29 is 14.3 Å². The molecular formula is C27H34Cl2N2O3. The fourth-order valence-corrected chi connectivity index (χ4v) is 4.87. The van der Waals surface area contributed by atoms with Gasteiger partial charge in [0.2, 0.25) is 5.91 Å². The van der Waals surface area contributed by atoms with Gasteiger partial charge in [0.05, 0.1) is 0 Å². The van der Waals surface area contributed by atoms with E-state index in [-0.39, 0.29) is 31.0 Å².